The second-order valence-electron chi connectivity index (χ2n) is 7.04. The monoisotopic (exact) mass is 343 g/mol. The maximum Gasteiger partial charge on any atom is 0.130 e. The predicted molar refractivity (Wildman–Crippen MR) is 109 cm³/mol. The first-order chi connectivity index (χ1) is 12.7. The number of para-hydroxylation sites is 2. The molecule has 2 N–H and O–H groups in total. The minimum Gasteiger partial charge on any atom is -0.492 e. The Balaban J connectivity index is 1.84. The lowest BCUT2D eigenvalue weighted by atomic mass is 10.1. The smallest absolute Gasteiger partial charge is 0.130 e. The fourth-order valence-corrected chi connectivity index (χ4v) is 3.75. The van der Waals surface area contributed by atoms with Crippen LogP contribution in [0.5, 0.6) is 5.75 Å². The predicted octanol–water partition coefficient (Wildman–Crippen LogP) is 4.90. The van der Waals surface area contributed by atoms with Crippen molar-refractivity contribution in [2.45, 2.75) is 0 Å². The Morgan fingerprint density at radius 2 is 1.46 bits per heavy atom. The first-order valence-electron chi connectivity index (χ1n) is 8.94. The molecule has 0 fully saturated rings. The van der Waals surface area contributed by atoms with Crippen LogP contribution in [-0.4, -0.2) is 42.1 Å². The molecule has 0 saturated carbocycles. The minimum atomic E-state index is 0.662. The van der Waals surface area contributed by atoms with Crippen molar-refractivity contribution in [3.63, 3.8) is 0 Å². The van der Waals surface area contributed by atoms with Crippen molar-refractivity contribution in [1.82, 2.24) is 14.9 Å². The average Bonchev–Trinajstić information content (AvgIpc) is 3.20. The highest BCUT2D eigenvalue weighted by atomic mass is 16.5. The van der Waals surface area contributed by atoms with Crippen LogP contribution < -0.4 is 4.74 Å². The zero-order chi connectivity index (χ0) is 17.7. The number of nitrogens with zero attached hydrogens (tertiary/aromatic N) is 1. The molecule has 0 saturated heterocycles. The van der Waals surface area contributed by atoms with E-state index in [1.54, 1.807) is 0 Å². The first kappa shape index (κ1) is 15.3. The van der Waals surface area contributed by atoms with E-state index < -0.39 is 0 Å². The molecule has 2 heterocycles. The summed E-state index contributed by atoms with van der Waals surface area (Å²) in [6.07, 6.45) is 0. The number of aromatic nitrogens is 2. The number of H-pyrrole nitrogens is 2. The molecule has 0 unspecified atom stereocenters. The average molecular weight is 343 g/mol. The van der Waals surface area contributed by atoms with Gasteiger partial charge in [-0.25, -0.2) is 0 Å². The molecule has 26 heavy (non-hydrogen) atoms. The summed E-state index contributed by atoms with van der Waals surface area (Å²) in [4.78, 5) is 9.32. The van der Waals surface area contributed by atoms with Gasteiger partial charge in [0, 0.05) is 33.7 Å². The van der Waals surface area contributed by atoms with Crippen LogP contribution in [0.2, 0.25) is 0 Å². The number of hydrogen-bond donors (Lipinski definition) is 2. The van der Waals surface area contributed by atoms with Crippen molar-refractivity contribution in [3.8, 4) is 5.75 Å². The van der Waals surface area contributed by atoms with Gasteiger partial charge in [-0.1, -0.05) is 36.4 Å². The number of ether oxygens (including phenoxy) is 1. The molecule has 4 nitrogen and oxygen atoms in total. The summed E-state index contributed by atoms with van der Waals surface area (Å²) in [5.41, 5.74) is 4.52. The lowest BCUT2D eigenvalue weighted by Crippen LogP contribution is -2.19. The van der Waals surface area contributed by atoms with Gasteiger partial charge in [-0.15, -0.1) is 0 Å². The summed E-state index contributed by atoms with van der Waals surface area (Å²) >= 11 is 0. The maximum absolute atomic E-state index is 6.25. The molecule has 0 aliphatic rings. The molecule has 0 bridgehead atoms. The molecule has 3 aromatic carbocycles. The number of fused-ring (bicyclic) bond motifs is 7. The molecule has 130 valence electrons. The second kappa shape index (κ2) is 5.78. The van der Waals surface area contributed by atoms with E-state index in [-0.39, 0.29) is 0 Å². The molecule has 2 aromatic heterocycles. The van der Waals surface area contributed by atoms with Crippen LogP contribution in [0.1, 0.15) is 0 Å². The van der Waals surface area contributed by atoms with E-state index in [0.717, 1.165) is 39.7 Å². The molecule has 5 rings (SSSR count). The van der Waals surface area contributed by atoms with Gasteiger partial charge in [0.05, 0.1) is 16.4 Å². The van der Waals surface area contributed by atoms with Crippen molar-refractivity contribution in [3.05, 3.63) is 54.6 Å². The van der Waals surface area contributed by atoms with Crippen LogP contribution in [0.4, 0.5) is 0 Å². The SMILES string of the molecule is CN(C)CCOc1cc2c3ccccc3[nH]c2c2[nH]c3ccccc3c12. The fraction of sp³-hybridized carbons (Fsp3) is 0.182. The summed E-state index contributed by atoms with van der Waals surface area (Å²) in [6.45, 7) is 1.55. The second-order valence-corrected chi connectivity index (χ2v) is 7.04. The van der Waals surface area contributed by atoms with Crippen LogP contribution in [0.3, 0.4) is 0 Å². The number of likely N-dealkylation sites (N-methyl/N-ethyl adjacent to an activating group) is 1. The van der Waals surface area contributed by atoms with Crippen LogP contribution in [-0.2, 0) is 0 Å². The molecule has 0 radical (unpaired) electrons. The van der Waals surface area contributed by atoms with Crippen LogP contribution in [0, 0.1) is 0 Å². The van der Waals surface area contributed by atoms with Gasteiger partial charge in [0.1, 0.15) is 12.4 Å². The molecule has 0 aliphatic carbocycles. The lowest BCUT2D eigenvalue weighted by Gasteiger charge is -2.12. The minimum absolute atomic E-state index is 0.662. The Morgan fingerprint density at radius 3 is 2.23 bits per heavy atom. The van der Waals surface area contributed by atoms with Crippen molar-refractivity contribution in [1.29, 1.82) is 0 Å². The summed E-state index contributed by atoms with van der Waals surface area (Å²) in [5, 5.41) is 4.77. The van der Waals surface area contributed by atoms with E-state index in [9.17, 15) is 0 Å². The van der Waals surface area contributed by atoms with Crippen molar-refractivity contribution in [2.75, 3.05) is 27.2 Å². The van der Waals surface area contributed by atoms with Gasteiger partial charge in [0.2, 0.25) is 0 Å². The quantitative estimate of drug-likeness (QED) is 0.488. The standard InChI is InChI=1S/C22H21N3O/c1-25(2)11-12-26-19-13-16-14-7-3-5-9-17(14)23-21(16)22-20(19)15-8-4-6-10-18(15)24-22/h3-10,13,23-24H,11-12H2,1-2H3. The number of aromatic amines is 2. The topological polar surface area (TPSA) is 44.0 Å². The van der Waals surface area contributed by atoms with Gasteiger partial charge in [-0.05, 0) is 32.3 Å². The number of benzene rings is 3. The molecule has 0 amide bonds. The fourth-order valence-electron chi connectivity index (χ4n) is 3.75. The van der Waals surface area contributed by atoms with Gasteiger partial charge >= 0.3 is 0 Å². The third-order valence-electron chi connectivity index (χ3n) is 5.02. The van der Waals surface area contributed by atoms with E-state index >= 15 is 0 Å². The Hall–Kier alpha value is -2.98. The Morgan fingerprint density at radius 1 is 0.808 bits per heavy atom. The Bertz CT molecular complexity index is 1250. The highest BCUT2D eigenvalue weighted by molar-refractivity contribution is 6.23. The Kier molecular flexibility index (Phi) is 3.40. The van der Waals surface area contributed by atoms with Gasteiger partial charge in [-0.3, -0.25) is 0 Å². The number of nitrogens with one attached hydrogen (secondary N) is 2. The molecule has 0 spiro atoms. The van der Waals surface area contributed by atoms with Crippen LogP contribution >= 0.6 is 0 Å². The zero-order valence-corrected chi connectivity index (χ0v) is 15.0. The molecule has 0 atom stereocenters. The van der Waals surface area contributed by atoms with Gasteiger partial charge in [0.15, 0.2) is 0 Å². The lowest BCUT2D eigenvalue weighted by molar-refractivity contribution is 0.264. The normalized spacial score (nSPS) is 12.1. The van der Waals surface area contributed by atoms with Crippen molar-refractivity contribution in [2.24, 2.45) is 0 Å². The summed E-state index contributed by atoms with van der Waals surface area (Å²) in [5.74, 6) is 0.941. The van der Waals surface area contributed by atoms with E-state index in [2.05, 4.69) is 83.6 Å². The molecular weight excluding hydrogens is 322 g/mol. The maximum atomic E-state index is 6.25. The highest BCUT2D eigenvalue weighted by Crippen LogP contribution is 2.40. The molecule has 0 aliphatic heterocycles. The van der Waals surface area contributed by atoms with Gasteiger partial charge in [0.25, 0.3) is 0 Å². The van der Waals surface area contributed by atoms with E-state index in [1.807, 2.05) is 0 Å². The van der Waals surface area contributed by atoms with Gasteiger partial charge in [-0.2, -0.15) is 0 Å². The summed E-state index contributed by atoms with van der Waals surface area (Å²) in [7, 11) is 4.13. The van der Waals surface area contributed by atoms with Crippen molar-refractivity contribution < 1.29 is 4.74 Å². The number of rotatable bonds is 4. The highest BCUT2D eigenvalue weighted by Gasteiger charge is 2.16. The van der Waals surface area contributed by atoms with E-state index in [1.165, 1.54) is 16.2 Å². The largest absolute Gasteiger partial charge is 0.492 e. The number of hydrogen-bond acceptors (Lipinski definition) is 2. The summed E-state index contributed by atoms with van der Waals surface area (Å²) < 4.78 is 6.25. The first-order valence-corrected chi connectivity index (χ1v) is 8.94. The van der Waals surface area contributed by atoms with Crippen molar-refractivity contribution >= 4 is 43.6 Å². The van der Waals surface area contributed by atoms with E-state index in [4.69, 9.17) is 4.74 Å². The molecule has 4 heteroatoms. The van der Waals surface area contributed by atoms with Crippen LogP contribution in [0.15, 0.2) is 54.6 Å². The molecule has 5 aromatic rings. The Labute approximate surface area is 151 Å². The third kappa shape index (κ3) is 2.26. The van der Waals surface area contributed by atoms with E-state index in [0.29, 0.717) is 6.61 Å². The van der Waals surface area contributed by atoms with Gasteiger partial charge < -0.3 is 19.6 Å². The molecular formula is C22H21N3O. The van der Waals surface area contributed by atoms with Crippen LogP contribution in [0.25, 0.3) is 43.6 Å². The third-order valence-corrected chi connectivity index (χ3v) is 5.02. The zero-order valence-electron chi connectivity index (χ0n) is 15.0. The summed E-state index contributed by atoms with van der Waals surface area (Å²) in [6, 6.07) is 19.0.